The Morgan fingerprint density at radius 1 is 1.10 bits per heavy atom. The lowest BCUT2D eigenvalue weighted by Crippen LogP contribution is -2.21. The molecule has 0 atom stereocenters. The average molecular weight is 564 g/mol. The van der Waals surface area contributed by atoms with Gasteiger partial charge in [0.15, 0.2) is 5.88 Å². The fourth-order valence-electron chi connectivity index (χ4n) is 4.02. The fourth-order valence-corrected chi connectivity index (χ4v) is 4.53. The molecule has 0 aliphatic carbocycles. The molecule has 3 heterocycles. The molecule has 2 aromatic carbocycles. The van der Waals surface area contributed by atoms with Crippen LogP contribution >= 0.6 is 0 Å². The van der Waals surface area contributed by atoms with Crippen LogP contribution in [0.2, 0.25) is 0 Å². The first-order chi connectivity index (χ1) is 19.2. The van der Waals surface area contributed by atoms with Gasteiger partial charge in [-0.3, -0.25) is 14.8 Å². The summed E-state index contributed by atoms with van der Waals surface area (Å²) in [4.78, 5) is 21.2. The Morgan fingerprint density at radius 2 is 1.98 bits per heavy atom. The second-order valence-corrected chi connectivity index (χ2v) is 11.4. The lowest BCUT2D eigenvalue weighted by atomic mass is 10.2. The van der Waals surface area contributed by atoms with Crippen molar-refractivity contribution in [2.24, 2.45) is 0 Å². The summed E-state index contributed by atoms with van der Waals surface area (Å²) in [7, 11) is -3.05. The highest BCUT2D eigenvalue weighted by atomic mass is 32.2. The highest BCUT2D eigenvalue weighted by Crippen LogP contribution is 2.24. The Kier molecular flexibility index (Phi) is 7.84. The first-order valence-electron chi connectivity index (χ1n) is 12.3. The van der Waals surface area contributed by atoms with E-state index in [4.69, 9.17) is 4.42 Å². The molecule has 11 nitrogen and oxygen atoms in total. The Balaban J connectivity index is 1.24. The Morgan fingerprint density at radius 3 is 2.80 bits per heavy atom. The van der Waals surface area contributed by atoms with Crippen molar-refractivity contribution in [2.45, 2.75) is 13.1 Å². The zero-order valence-electron chi connectivity index (χ0n) is 21.5. The van der Waals surface area contributed by atoms with Crippen LogP contribution in [0, 0.1) is 5.82 Å². The molecule has 3 N–H and O–H groups in total. The number of carbonyl (C=O) groups is 1. The number of carbonyl (C=O) groups excluding carboxylic acids is 1. The number of halogens is 1. The summed E-state index contributed by atoms with van der Waals surface area (Å²) in [5, 5.41) is 14.1. The second-order valence-electron chi connectivity index (χ2n) is 9.14. The van der Waals surface area contributed by atoms with Gasteiger partial charge in [0, 0.05) is 36.1 Å². The van der Waals surface area contributed by atoms with Crippen LogP contribution in [0.4, 0.5) is 21.8 Å². The number of furan rings is 1. The molecular weight excluding hydrogens is 537 g/mol. The van der Waals surface area contributed by atoms with Gasteiger partial charge in [-0.2, -0.15) is 5.10 Å². The zero-order chi connectivity index (χ0) is 28.1. The Bertz CT molecular complexity index is 1770. The number of anilines is 3. The quantitative estimate of drug-likeness (QED) is 0.205. The van der Waals surface area contributed by atoms with E-state index in [2.05, 4.69) is 31.0 Å². The standard InChI is InChI=1S/C27H26FN7O4S/c1-40(37,38)10-9-29-14-22-6-8-25(39-22)34-27(36)23-15-30-17-31-26(23)33-21-5-7-24-19(12-21)13-32-35(24)16-18-3-2-4-20(28)11-18/h2-8,11-13,15,17,29H,9-10,14,16H2,1H3,(H,34,36)(H,30,31,33). The third-order valence-electron chi connectivity index (χ3n) is 5.93. The van der Waals surface area contributed by atoms with Crippen molar-refractivity contribution in [2.75, 3.05) is 29.2 Å². The summed E-state index contributed by atoms with van der Waals surface area (Å²) in [5.41, 5.74) is 2.56. The van der Waals surface area contributed by atoms with Crippen LogP contribution in [0.5, 0.6) is 0 Å². The van der Waals surface area contributed by atoms with Crippen molar-refractivity contribution < 1.29 is 22.0 Å². The summed E-state index contributed by atoms with van der Waals surface area (Å²) in [5.74, 6) is 0.318. The van der Waals surface area contributed by atoms with E-state index in [9.17, 15) is 17.6 Å². The van der Waals surface area contributed by atoms with Crippen molar-refractivity contribution in [1.82, 2.24) is 25.1 Å². The van der Waals surface area contributed by atoms with E-state index in [0.29, 0.717) is 30.4 Å². The number of nitrogens with one attached hydrogen (secondary N) is 3. The van der Waals surface area contributed by atoms with Crippen LogP contribution < -0.4 is 16.0 Å². The molecule has 5 rings (SSSR count). The van der Waals surface area contributed by atoms with Gasteiger partial charge in [-0.25, -0.2) is 22.8 Å². The van der Waals surface area contributed by atoms with Crippen LogP contribution in [-0.4, -0.2) is 52.6 Å². The molecular formula is C27H26FN7O4S. The molecule has 0 aliphatic rings. The minimum Gasteiger partial charge on any atom is -0.444 e. The fraction of sp³-hybridized carbons (Fsp3) is 0.185. The molecule has 0 saturated carbocycles. The summed E-state index contributed by atoms with van der Waals surface area (Å²) in [6.45, 7) is 1.03. The average Bonchev–Trinajstić information content (AvgIpc) is 3.53. The van der Waals surface area contributed by atoms with Gasteiger partial charge in [0.05, 0.1) is 30.6 Å². The smallest absolute Gasteiger partial charge is 0.263 e. The zero-order valence-corrected chi connectivity index (χ0v) is 22.3. The van der Waals surface area contributed by atoms with Gasteiger partial charge in [-0.05, 0) is 42.0 Å². The normalized spacial score (nSPS) is 11.6. The lowest BCUT2D eigenvalue weighted by molar-refractivity contribution is 0.102. The molecule has 13 heteroatoms. The molecule has 5 aromatic rings. The van der Waals surface area contributed by atoms with Gasteiger partial charge in [-0.15, -0.1) is 0 Å². The number of rotatable bonds is 11. The van der Waals surface area contributed by atoms with Crippen molar-refractivity contribution in [3.05, 3.63) is 96.0 Å². The molecule has 0 bridgehead atoms. The minimum absolute atomic E-state index is 0.0191. The molecule has 0 radical (unpaired) electrons. The van der Waals surface area contributed by atoms with Gasteiger partial charge in [-0.1, -0.05) is 12.1 Å². The molecule has 0 saturated heterocycles. The van der Waals surface area contributed by atoms with Crippen LogP contribution in [0.3, 0.4) is 0 Å². The number of aromatic nitrogens is 4. The summed E-state index contributed by atoms with van der Waals surface area (Å²) >= 11 is 0. The van der Waals surface area contributed by atoms with Gasteiger partial charge >= 0.3 is 0 Å². The third-order valence-corrected chi connectivity index (χ3v) is 6.88. The lowest BCUT2D eigenvalue weighted by Gasteiger charge is -2.10. The van der Waals surface area contributed by atoms with Crippen molar-refractivity contribution in [1.29, 1.82) is 0 Å². The van der Waals surface area contributed by atoms with Gasteiger partial charge in [0.25, 0.3) is 5.91 Å². The number of nitrogens with zero attached hydrogens (tertiary/aromatic N) is 4. The predicted molar refractivity (Wildman–Crippen MR) is 149 cm³/mol. The van der Waals surface area contributed by atoms with Crippen LogP contribution in [-0.2, 0) is 22.9 Å². The van der Waals surface area contributed by atoms with Crippen molar-refractivity contribution in [3.8, 4) is 0 Å². The molecule has 1 amide bonds. The largest absolute Gasteiger partial charge is 0.444 e. The monoisotopic (exact) mass is 563 g/mol. The number of benzene rings is 2. The molecule has 0 aliphatic heterocycles. The third kappa shape index (κ3) is 6.87. The molecule has 0 unspecified atom stereocenters. The van der Waals surface area contributed by atoms with E-state index in [1.807, 2.05) is 24.3 Å². The summed E-state index contributed by atoms with van der Waals surface area (Å²) in [6, 6.07) is 15.3. The second kappa shape index (κ2) is 11.6. The number of hydrogen-bond donors (Lipinski definition) is 3. The molecule has 40 heavy (non-hydrogen) atoms. The highest BCUT2D eigenvalue weighted by molar-refractivity contribution is 7.90. The van der Waals surface area contributed by atoms with E-state index in [-0.39, 0.29) is 29.6 Å². The summed E-state index contributed by atoms with van der Waals surface area (Å²) in [6.07, 6.45) is 5.63. The van der Waals surface area contributed by atoms with Crippen LogP contribution in [0.25, 0.3) is 10.9 Å². The number of amides is 1. The molecule has 206 valence electrons. The van der Waals surface area contributed by atoms with E-state index in [0.717, 1.165) is 16.5 Å². The molecule has 3 aromatic heterocycles. The van der Waals surface area contributed by atoms with E-state index >= 15 is 0 Å². The number of fused-ring (bicyclic) bond motifs is 1. The SMILES string of the molecule is CS(=O)(=O)CCNCc1ccc(NC(=O)c2cncnc2Nc2ccc3c(cnn3Cc3cccc(F)c3)c2)o1. The highest BCUT2D eigenvalue weighted by Gasteiger charge is 2.16. The molecule has 0 spiro atoms. The van der Waals surface area contributed by atoms with E-state index in [1.54, 1.807) is 29.1 Å². The van der Waals surface area contributed by atoms with Gasteiger partial charge in [0.2, 0.25) is 0 Å². The molecule has 0 fully saturated rings. The minimum atomic E-state index is -3.05. The first kappa shape index (κ1) is 27.0. The van der Waals surface area contributed by atoms with Crippen LogP contribution in [0.15, 0.2) is 77.7 Å². The Labute approximate surface area is 229 Å². The number of sulfone groups is 1. The van der Waals surface area contributed by atoms with Crippen LogP contribution in [0.1, 0.15) is 21.7 Å². The van der Waals surface area contributed by atoms with Gasteiger partial charge in [0.1, 0.15) is 39.1 Å². The summed E-state index contributed by atoms with van der Waals surface area (Å²) < 4.78 is 43.5. The van der Waals surface area contributed by atoms with E-state index < -0.39 is 15.7 Å². The Hall–Kier alpha value is -4.62. The van der Waals surface area contributed by atoms with Gasteiger partial charge < -0.3 is 15.1 Å². The first-order valence-corrected chi connectivity index (χ1v) is 14.4. The van der Waals surface area contributed by atoms with Crippen molar-refractivity contribution >= 4 is 44.0 Å². The maximum atomic E-state index is 13.6. The maximum Gasteiger partial charge on any atom is 0.263 e. The number of hydrogen-bond acceptors (Lipinski definition) is 9. The maximum absolute atomic E-state index is 13.6. The van der Waals surface area contributed by atoms with Crippen molar-refractivity contribution in [3.63, 3.8) is 0 Å². The topological polar surface area (TPSA) is 144 Å². The predicted octanol–water partition coefficient (Wildman–Crippen LogP) is 3.74. The van der Waals surface area contributed by atoms with E-state index in [1.165, 1.54) is 30.9 Å².